The van der Waals surface area contributed by atoms with Crippen LogP contribution in [0.2, 0.25) is 5.02 Å². The second-order valence-corrected chi connectivity index (χ2v) is 5.40. The number of anilines is 1. The highest BCUT2D eigenvalue weighted by Crippen LogP contribution is 2.37. The second kappa shape index (κ2) is 8.74. The maximum Gasteiger partial charge on any atom is 0.471 e. The molecular weight excluding hydrogens is 412 g/mol. The van der Waals surface area contributed by atoms with Crippen molar-refractivity contribution in [1.29, 1.82) is 0 Å². The van der Waals surface area contributed by atoms with E-state index in [9.17, 15) is 27.2 Å². The molecule has 0 atom stereocenters. The lowest BCUT2D eigenvalue weighted by Crippen LogP contribution is -2.30. The fourth-order valence-electron chi connectivity index (χ4n) is 1.76. The van der Waals surface area contributed by atoms with Gasteiger partial charge < -0.3 is 19.5 Å². The number of halogens is 5. The summed E-state index contributed by atoms with van der Waals surface area (Å²) >= 11 is 5.84. The molecule has 28 heavy (non-hydrogen) atoms. The quantitative estimate of drug-likeness (QED) is 0.564. The monoisotopic (exact) mass is 422 g/mol. The summed E-state index contributed by atoms with van der Waals surface area (Å²) in [4.78, 5) is 26.0. The summed E-state index contributed by atoms with van der Waals surface area (Å²) in [6, 6.07) is 4.21. The van der Waals surface area contributed by atoms with Gasteiger partial charge in [0.05, 0.1) is 17.8 Å². The molecule has 7 nitrogen and oxygen atoms in total. The van der Waals surface area contributed by atoms with Gasteiger partial charge in [0.25, 0.3) is 5.88 Å². The third-order valence-corrected chi connectivity index (χ3v) is 3.33. The number of aromatic nitrogens is 1. The van der Waals surface area contributed by atoms with E-state index in [1.165, 1.54) is 23.6 Å². The highest BCUT2D eigenvalue weighted by Gasteiger charge is 2.39. The number of nitrogens with zero attached hydrogens (tertiary/aromatic N) is 1. The van der Waals surface area contributed by atoms with E-state index in [0.29, 0.717) is 6.07 Å². The van der Waals surface area contributed by atoms with Gasteiger partial charge in [-0.2, -0.15) is 13.2 Å². The van der Waals surface area contributed by atoms with Crippen molar-refractivity contribution < 1.29 is 41.4 Å². The number of rotatable bonds is 6. The molecule has 1 aromatic carbocycles. The van der Waals surface area contributed by atoms with E-state index in [0.717, 1.165) is 13.2 Å². The van der Waals surface area contributed by atoms with Crippen LogP contribution >= 0.6 is 11.6 Å². The van der Waals surface area contributed by atoms with Gasteiger partial charge in [0, 0.05) is 12.3 Å². The number of alkyl halides is 3. The Morgan fingerprint density at radius 1 is 1.25 bits per heavy atom. The van der Waals surface area contributed by atoms with Crippen molar-refractivity contribution in [3.05, 3.63) is 41.3 Å². The summed E-state index contributed by atoms with van der Waals surface area (Å²) in [6.07, 6.45) is -3.90. The van der Waals surface area contributed by atoms with E-state index < -0.39 is 36.2 Å². The van der Waals surface area contributed by atoms with Gasteiger partial charge >= 0.3 is 18.1 Å². The van der Waals surface area contributed by atoms with Gasteiger partial charge in [0.2, 0.25) is 0 Å². The maximum absolute atomic E-state index is 13.8. The van der Waals surface area contributed by atoms with Crippen LogP contribution in [0.1, 0.15) is 0 Å². The van der Waals surface area contributed by atoms with Gasteiger partial charge in [-0.25, -0.2) is 14.2 Å². The molecule has 0 saturated carbocycles. The number of pyridine rings is 1. The lowest BCUT2D eigenvalue weighted by atomic mass is 10.2. The Morgan fingerprint density at radius 2 is 1.96 bits per heavy atom. The standard InChI is InChI=1S/C16H11ClF4N2O5/c1-26-13(24)7-27-14-11(3-2-4-22-14)28-12-6-10(9(18)5-8(12)17)23-15(25)16(19,20)21/h2-6H,7H2,1H3,(H,23,25). The van der Waals surface area contributed by atoms with Gasteiger partial charge in [-0.1, -0.05) is 11.6 Å². The molecule has 0 saturated heterocycles. The van der Waals surface area contributed by atoms with Crippen LogP contribution in [-0.2, 0) is 14.3 Å². The van der Waals surface area contributed by atoms with Crippen molar-refractivity contribution in [1.82, 2.24) is 4.98 Å². The molecular formula is C16H11ClF4N2O5. The normalized spacial score (nSPS) is 10.9. The van der Waals surface area contributed by atoms with E-state index in [1.807, 2.05) is 0 Å². The number of esters is 1. The summed E-state index contributed by atoms with van der Waals surface area (Å²) in [7, 11) is 1.15. The molecule has 0 aliphatic carbocycles. The van der Waals surface area contributed by atoms with Gasteiger partial charge in [0.1, 0.15) is 11.6 Å². The van der Waals surface area contributed by atoms with E-state index in [2.05, 4.69) is 9.72 Å². The van der Waals surface area contributed by atoms with E-state index in [1.54, 1.807) is 0 Å². The molecule has 150 valence electrons. The minimum Gasteiger partial charge on any atom is -0.466 e. The van der Waals surface area contributed by atoms with Crippen molar-refractivity contribution in [2.75, 3.05) is 19.0 Å². The first-order valence-electron chi connectivity index (χ1n) is 7.31. The average molecular weight is 423 g/mol. The van der Waals surface area contributed by atoms with Crippen LogP contribution in [0.3, 0.4) is 0 Å². The summed E-state index contributed by atoms with van der Waals surface area (Å²) in [5.74, 6) is -4.81. The zero-order chi connectivity index (χ0) is 20.9. The fraction of sp³-hybridized carbons (Fsp3) is 0.188. The Hall–Kier alpha value is -3.08. The summed E-state index contributed by atoms with van der Waals surface area (Å²) in [5, 5.41) is 1.08. The summed E-state index contributed by atoms with van der Waals surface area (Å²) in [5.41, 5.74) is -0.803. The smallest absolute Gasteiger partial charge is 0.466 e. The predicted octanol–water partition coefficient (Wildman–Crippen LogP) is 3.72. The molecule has 0 bridgehead atoms. The maximum atomic E-state index is 13.8. The van der Waals surface area contributed by atoms with Crippen LogP contribution in [0.25, 0.3) is 0 Å². The van der Waals surface area contributed by atoms with Crippen molar-refractivity contribution in [2.45, 2.75) is 6.18 Å². The molecule has 0 spiro atoms. The number of carbonyl (C=O) groups excluding carboxylic acids is 2. The largest absolute Gasteiger partial charge is 0.471 e. The molecule has 2 aromatic rings. The SMILES string of the molecule is COC(=O)COc1ncccc1Oc1cc(NC(=O)C(F)(F)F)c(F)cc1Cl. The molecule has 0 aliphatic rings. The van der Waals surface area contributed by atoms with Crippen LogP contribution in [-0.4, -0.2) is 36.8 Å². The van der Waals surface area contributed by atoms with Gasteiger partial charge in [0.15, 0.2) is 12.4 Å². The van der Waals surface area contributed by atoms with Gasteiger partial charge in [-0.15, -0.1) is 0 Å². The van der Waals surface area contributed by atoms with Crippen LogP contribution in [0.4, 0.5) is 23.2 Å². The van der Waals surface area contributed by atoms with Gasteiger partial charge in [-0.3, -0.25) is 4.79 Å². The first-order chi connectivity index (χ1) is 13.1. The van der Waals surface area contributed by atoms with Crippen molar-refractivity contribution >= 4 is 29.2 Å². The van der Waals surface area contributed by atoms with Crippen LogP contribution in [0.15, 0.2) is 30.5 Å². The number of nitrogens with one attached hydrogen (secondary N) is 1. The van der Waals surface area contributed by atoms with Crippen LogP contribution < -0.4 is 14.8 Å². The third kappa shape index (κ3) is 5.46. The number of methoxy groups -OCH3 is 1. The van der Waals surface area contributed by atoms with Crippen molar-refractivity contribution in [3.63, 3.8) is 0 Å². The minimum atomic E-state index is -5.22. The zero-order valence-corrected chi connectivity index (χ0v) is 14.7. The zero-order valence-electron chi connectivity index (χ0n) is 14.0. The van der Waals surface area contributed by atoms with E-state index in [4.69, 9.17) is 21.1 Å². The molecule has 1 heterocycles. The fourth-order valence-corrected chi connectivity index (χ4v) is 1.95. The second-order valence-electron chi connectivity index (χ2n) is 4.99. The van der Waals surface area contributed by atoms with Gasteiger partial charge in [-0.05, 0) is 18.2 Å². The molecule has 0 fully saturated rings. The molecule has 0 radical (unpaired) electrons. The average Bonchev–Trinajstić information content (AvgIpc) is 2.63. The summed E-state index contributed by atoms with van der Waals surface area (Å²) in [6.45, 7) is -0.492. The number of ether oxygens (including phenoxy) is 3. The molecule has 2 rings (SSSR count). The number of hydrogen-bond acceptors (Lipinski definition) is 6. The van der Waals surface area contributed by atoms with Crippen LogP contribution in [0, 0.1) is 5.82 Å². The number of carbonyl (C=O) groups is 2. The highest BCUT2D eigenvalue weighted by molar-refractivity contribution is 6.32. The topological polar surface area (TPSA) is 86.8 Å². The summed E-state index contributed by atoms with van der Waals surface area (Å²) < 4.78 is 65.9. The lowest BCUT2D eigenvalue weighted by Gasteiger charge is -2.14. The molecule has 12 heteroatoms. The number of hydrogen-bond donors (Lipinski definition) is 1. The Morgan fingerprint density at radius 3 is 2.61 bits per heavy atom. The Bertz CT molecular complexity index is 892. The molecule has 1 amide bonds. The highest BCUT2D eigenvalue weighted by atomic mass is 35.5. The minimum absolute atomic E-state index is 0.0759. The molecule has 0 unspecified atom stereocenters. The Kier molecular flexibility index (Phi) is 6.62. The van der Waals surface area contributed by atoms with E-state index >= 15 is 0 Å². The van der Waals surface area contributed by atoms with Crippen LogP contribution in [0.5, 0.6) is 17.4 Å². The van der Waals surface area contributed by atoms with Crippen molar-refractivity contribution in [3.8, 4) is 17.4 Å². The molecule has 0 aliphatic heterocycles. The first kappa shape index (κ1) is 21.2. The Balaban J connectivity index is 2.28. The first-order valence-corrected chi connectivity index (χ1v) is 7.69. The number of benzene rings is 1. The third-order valence-electron chi connectivity index (χ3n) is 3.04. The lowest BCUT2D eigenvalue weighted by molar-refractivity contribution is -0.167. The van der Waals surface area contributed by atoms with E-state index in [-0.39, 0.29) is 22.4 Å². The number of amides is 1. The molecule has 1 N–H and O–H groups in total. The molecule has 1 aromatic heterocycles. The Labute approximate surface area is 160 Å². The predicted molar refractivity (Wildman–Crippen MR) is 87.9 cm³/mol. The van der Waals surface area contributed by atoms with Crippen molar-refractivity contribution in [2.24, 2.45) is 0 Å².